The number of amides is 2. The van der Waals surface area contributed by atoms with Gasteiger partial charge in [0.25, 0.3) is 0 Å². The summed E-state index contributed by atoms with van der Waals surface area (Å²) in [5.41, 5.74) is 1.30. The molecule has 6 nitrogen and oxygen atoms in total. The highest BCUT2D eigenvalue weighted by atomic mass is 16.4. The second-order valence-electron chi connectivity index (χ2n) is 8.05. The number of carboxylic acid groups (broad SMARTS) is 1. The molecule has 1 aliphatic heterocycles. The Morgan fingerprint density at radius 3 is 2.39 bits per heavy atom. The second kappa shape index (κ2) is 11.1. The second-order valence-corrected chi connectivity index (χ2v) is 8.05. The van der Waals surface area contributed by atoms with Crippen LogP contribution < -0.4 is 5.32 Å². The first-order valence-electron chi connectivity index (χ1n) is 10.4. The van der Waals surface area contributed by atoms with Crippen molar-refractivity contribution in [1.29, 1.82) is 0 Å². The topological polar surface area (TPSA) is 72.9 Å². The number of carbonyl (C=O) groups excluding carboxylic acids is 1. The standard InChI is InChI=1S/C22H35N3O3/c1-4-24(16-21(26)27)20-10-12-25(13-11-20)22(28)23-15-19(17(2)3)14-18-8-6-5-7-9-18/h5-9,17,19-20H,4,10-16H2,1-3H3,(H,23,28)(H,26,27). The van der Waals surface area contributed by atoms with Gasteiger partial charge < -0.3 is 15.3 Å². The molecule has 0 saturated carbocycles. The molecule has 1 aliphatic rings. The summed E-state index contributed by atoms with van der Waals surface area (Å²) in [7, 11) is 0. The predicted octanol–water partition coefficient (Wildman–Crippen LogP) is 3.08. The number of nitrogens with zero attached hydrogens (tertiary/aromatic N) is 2. The molecular formula is C22H35N3O3. The maximum absolute atomic E-state index is 12.6. The van der Waals surface area contributed by atoms with Crippen molar-refractivity contribution < 1.29 is 14.7 Å². The minimum Gasteiger partial charge on any atom is -0.480 e. The van der Waals surface area contributed by atoms with E-state index in [1.807, 2.05) is 22.8 Å². The van der Waals surface area contributed by atoms with Crippen LogP contribution in [0.25, 0.3) is 0 Å². The van der Waals surface area contributed by atoms with Crippen LogP contribution in [0.5, 0.6) is 0 Å². The molecule has 2 rings (SSSR count). The van der Waals surface area contributed by atoms with Crippen molar-refractivity contribution in [2.45, 2.75) is 46.1 Å². The summed E-state index contributed by atoms with van der Waals surface area (Å²) in [5, 5.41) is 12.2. The highest BCUT2D eigenvalue weighted by Crippen LogP contribution is 2.18. The molecule has 0 bridgehead atoms. The average Bonchev–Trinajstić information content (AvgIpc) is 2.69. The highest BCUT2D eigenvalue weighted by Gasteiger charge is 2.27. The molecule has 0 aliphatic carbocycles. The zero-order chi connectivity index (χ0) is 20.5. The number of hydrogen-bond acceptors (Lipinski definition) is 3. The van der Waals surface area contributed by atoms with Crippen LogP contribution in [-0.4, -0.2) is 65.7 Å². The van der Waals surface area contributed by atoms with Crippen LogP contribution in [0.4, 0.5) is 4.79 Å². The van der Waals surface area contributed by atoms with Crippen LogP contribution in [0, 0.1) is 11.8 Å². The number of hydrogen-bond donors (Lipinski definition) is 2. The van der Waals surface area contributed by atoms with Crippen molar-refractivity contribution in [2.75, 3.05) is 32.7 Å². The Balaban J connectivity index is 1.80. The molecular weight excluding hydrogens is 354 g/mol. The number of aliphatic carboxylic acids is 1. The Morgan fingerprint density at radius 2 is 1.86 bits per heavy atom. The lowest BCUT2D eigenvalue weighted by molar-refractivity contribution is -0.139. The van der Waals surface area contributed by atoms with Gasteiger partial charge in [0.05, 0.1) is 6.54 Å². The molecule has 1 atom stereocenters. The first-order chi connectivity index (χ1) is 13.4. The van der Waals surface area contributed by atoms with Crippen molar-refractivity contribution in [1.82, 2.24) is 15.1 Å². The van der Waals surface area contributed by atoms with Crippen LogP contribution in [0.3, 0.4) is 0 Å². The van der Waals surface area contributed by atoms with Crippen LogP contribution >= 0.6 is 0 Å². The molecule has 1 aromatic carbocycles. The lowest BCUT2D eigenvalue weighted by Gasteiger charge is -2.37. The van der Waals surface area contributed by atoms with Crippen molar-refractivity contribution in [3.8, 4) is 0 Å². The van der Waals surface area contributed by atoms with Crippen LogP contribution in [0.1, 0.15) is 39.2 Å². The smallest absolute Gasteiger partial charge is 0.317 e. The van der Waals surface area contributed by atoms with Gasteiger partial charge in [0.1, 0.15) is 0 Å². The van der Waals surface area contributed by atoms with E-state index < -0.39 is 5.97 Å². The molecule has 0 aromatic heterocycles. The molecule has 0 spiro atoms. The summed E-state index contributed by atoms with van der Waals surface area (Å²) in [6.45, 7) is 9.21. The van der Waals surface area contributed by atoms with E-state index in [1.165, 1.54) is 5.56 Å². The largest absolute Gasteiger partial charge is 0.480 e. The zero-order valence-electron chi connectivity index (χ0n) is 17.4. The zero-order valence-corrected chi connectivity index (χ0v) is 17.4. The van der Waals surface area contributed by atoms with Gasteiger partial charge in [0.15, 0.2) is 0 Å². The maximum atomic E-state index is 12.6. The minimum atomic E-state index is -0.792. The lowest BCUT2D eigenvalue weighted by atomic mass is 9.89. The lowest BCUT2D eigenvalue weighted by Crippen LogP contribution is -2.51. The third kappa shape index (κ3) is 6.82. The molecule has 2 amide bonds. The Bertz CT molecular complexity index is 613. The van der Waals surface area contributed by atoms with E-state index in [0.717, 1.165) is 25.8 Å². The van der Waals surface area contributed by atoms with Gasteiger partial charge in [0.2, 0.25) is 0 Å². The fourth-order valence-corrected chi connectivity index (χ4v) is 3.90. The van der Waals surface area contributed by atoms with Crippen LogP contribution in [-0.2, 0) is 11.2 Å². The van der Waals surface area contributed by atoms with Gasteiger partial charge >= 0.3 is 12.0 Å². The van der Waals surface area contributed by atoms with E-state index in [2.05, 4.69) is 43.4 Å². The molecule has 0 radical (unpaired) electrons. The number of rotatable bonds is 9. The van der Waals surface area contributed by atoms with Crippen molar-refractivity contribution in [2.24, 2.45) is 11.8 Å². The van der Waals surface area contributed by atoms with E-state index in [9.17, 15) is 9.59 Å². The number of carbonyl (C=O) groups is 2. The molecule has 1 aromatic rings. The number of nitrogens with one attached hydrogen (secondary N) is 1. The number of urea groups is 1. The molecule has 1 unspecified atom stereocenters. The van der Waals surface area contributed by atoms with Gasteiger partial charge in [-0.05, 0) is 43.2 Å². The van der Waals surface area contributed by atoms with E-state index in [4.69, 9.17) is 5.11 Å². The molecule has 6 heteroatoms. The third-order valence-corrected chi connectivity index (χ3v) is 5.81. The van der Waals surface area contributed by atoms with Crippen molar-refractivity contribution in [3.63, 3.8) is 0 Å². The van der Waals surface area contributed by atoms with Crippen LogP contribution in [0.15, 0.2) is 30.3 Å². The van der Waals surface area contributed by atoms with E-state index in [1.54, 1.807) is 0 Å². The van der Waals surface area contributed by atoms with Gasteiger partial charge in [-0.1, -0.05) is 51.1 Å². The maximum Gasteiger partial charge on any atom is 0.317 e. The highest BCUT2D eigenvalue weighted by molar-refractivity contribution is 5.74. The van der Waals surface area contributed by atoms with Gasteiger partial charge in [-0.25, -0.2) is 4.79 Å². The normalized spacial score (nSPS) is 16.4. The summed E-state index contributed by atoms with van der Waals surface area (Å²) in [4.78, 5) is 27.5. The van der Waals surface area contributed by atoms with Crippen molar-refractivity contribution in [3.05, 3.63) is 35.9 Å². The van der Waals surface area contributed by atoms with Gasteiger partial charge in [0, 0.05) is 25.7 Å². The molecule has 2 N–H and O–H groups in total. The molecule has 1 heterocycles. The summed E-state index contributed by atoms with van der Waals surface area (Å²) in [6.07, 6.45) is 2.61. The first kappa shape index (κ1) is 22.2. The monoisotopic (exact) mass is 389 g/mol. The fraction of sp³-hybridized carbons (Fsp3) is 0.636. The van der Waals surface area contributed by atoms with E-state index >= 15 is 0 Å². The average molecular weight is 390 g/mol. The number of likely N-dealkylation sites (tertiary alicyclic amines) is 1. The number of carboxylic acids is 1. The summed E-state index contributed by atoms with van der Waals surface area (Å²) >= 11 is 0. The van der Waals surface area contributed by atoms with Gasteiger partial charge in [-0.2, -0.15) is 0 Å². The van der Waals surface area contributed by atoms with Gasteiger partial charge in [-0.15, -0.1) is 0 Å². The number of piperidine rings is 1. The summed E-state index contributed by atoms with van der Waals surface area (Å²) in [6, 6.07) is 10.6. The summed E-state index contributed by atoms with van der Waals surface area (Å²) in [5.74, 6) is 0.0931. The predicted molar refractivity (Wildman–Crippen MR) is 111 cm³/mol. The Morgan fingerprint density at radius 1 is 1.21 bits per heavy atom. The van der Waals surface area contributed by atoms with E-state index in [-0.39, 0.29) is 18.6 Å². The van der Waals surface area contributed by atoms with Gasteiger partial charge in [-0.3, -0.25) is 9.69 Å². The Kier molecular flexibility index (Phi) is 8.77. The molecule has 156 valence electrons. The SMILES string of the molecule is CCN(CC(=O)O)C1CCN(C(=O)NCC(Cc2ccccc2)C(C)C)CC1. The molecule has 1 fully saturated rings. The number of likely N-dealkylation sites (N-methyl/N-ethyl adjacent to an activating group) is 1. The minimum absolute atomic E-state index is 0.00144. The van der Waals surface area contributed by atoms with Crippen LogP contribution in [0.2, 0.25) is 0 Å². The summed E-state index contributed by atoms with van der Waals surface area (Å²) < 4.78 is 0. The fourth-order valence-electron chi connectivity index (χ4n) is 3.90. The third-order valence-electron chi connectivity index (χ3n) is 5.81. The molecule has 28 heavy (non-hydrogen) atoms. The van der Waals surface area contributed by atoms with E-state index in [0.29, 0.717) is 31.5 Å². The molecule has 1 saturated heterocycles. The Labute approximate surface area is 168 Å². The first-order valence-corrected chi connectivity index (χ1v) is 10.4. The quantitative estimate of drug-likeness (QED) is 0.681. The number of benzene rings is 1. The van der Waals surface area contributed by atoms with Crippen molar-refractivity contribution >= 4 is 12.0 Å². The Hall–Kier alpha value is -2.08.